The predicted octanol–water partition coefficient (Wildman–Crippen LogP) is 6.64. The molecule has 3 aromatic carbocycles. The maximum atomic E-state index is 9.22. The zero-order chi connectivity index (χ0) is 29.5. The molecule has 0 atom stereocenters. The third-order valence-corrected chi connectivity index (χ3v) is 7.06. The Hall–Kier alpha value is -4.68. The molecule has 2 heterocycles. The molecule has 0 bridgehead atoms. The summed E-state index contributed by atoms with van der Waals surface area (Å²) in [4.78, 5) is 13.4. The minimum atomic E-state index is 0.156. The first-order valence-electron chi connectivity index (χ1n) is 13.9. The molecule has 0 fully saturated rings. The van der Waals surface area contributed by atoms with Gasteiger partial charge in [0.2, 0.25) is 5.82 Å². The average molecular weight is 582 g/mol. The second kappa shape index (κ2) is 13.3. The van der Waals surface area contributed by atoms with Crippen molar-refractivity contribution < 1.29 is 9.47 Å². The highest BCUT2D eigenvalue weighted by atomic mass is 35.5. The number of fused-ring (bicyclic) bond motifs is 1. The third-order valence-electron chi connectivity index (χ3n) is 6.73. The van der Waals surface area contributed by atoms with Crippen LogP contribution in [0.15, 0.2) is 82.9 Å². The zero-order valence-corrected chi connectivity index (χ0v) is 24.6. The van der Waals surface area contributed by atoms with E-state index in [9.17, 15) is 5.26 Å². The molecular weight excluding hydrogens is 550 g/mol. The molecule has 10 heteroatoms. The highest BCUT2D eigenvalue weighted by Gasteiger charge is 2.30. The molecule has 9 nitrogen and oxygen atoms in total. The zero-order valence-electron chi connectivity index (χ0n) is 23.9. The summed E-state index contributed by atoms with van der Waals surface area (Å²) in [5.41, 5.74) is 3.77. The van der Waals surface area contributed by atoms with Crippen LogP contribution >= 0.6 is 11.6 Å². The minimum Gasteiger partial charge on any atom is -0.497 e. The van der Waals surface area contributed by atoms with Crippen molar-refractivity contribution in [3.05, 3.63) is 95.0 Å². The molecule has 5 rings (SSSR count). The van der Waals surface area contributed by atoms with Crippen LogP contribution in [0.2, 0.25) is 5.02 Å². The fourth-order valence-electron chi connectivity index (χ4n) is 4.51. The van der Waals surface area contributed by atoms with E-state index < -0.39 is 0 Å². The third kappa shape index (κ3) is 6.61. The second-order valence-corrected chi connectivity index (χ2v) is 10.4. The molecule has 0 saturated heterocycles. The largest absolute Gasteiger partial charge is 0.497 e. The highest BCUT2D eigenvalue weighted by Crippen LogP contribution is 2.27. The number of methoxy groups -OCH3 is 1. The molecule has 0 radical (unpaired) electrons. The number of benzene rings is 3. The summed E-state index contributed by atoms with van der Waals surface area (Å²) >= 11 is 6.53. The first-order chi connectivity index (χ1) is 20.5. The van der Waals surface area contributed by atoms with Gasteiger partial charge in [-0.2, -0.15) is 5.26 Å². The van der Waals surface area contributed by atoms with E-state index in [1.807, 2.05) is 86.6 Å². The number of aliphatic imine (C=N–C) groups is 1. The van der Waals surface area contributed by atoms with Crippen LogP contribution in [0.1, 0.15) is 49.8 Å². The van der Waals surface area contributed by atoms with Gasteiger partial charge in [-0.3, -0.25) is 0 Å². The Labute approximate surface area is 250 Å². The van der Waals surface area contributed by atoms with Gasteiger partial charge in [-0.1, -0.05) is 43.6 Å². The molecular formula is C32H32ClN7O2. The number of hydrogen-bond donors (Lipinski definition) is 0. The molecule has 1 aromatic heterocycles. The molecule has 1 aliphatic rings. The molecule has 1 aliphatic heterocycles. The lowest BCUT2D eigenvalue weighted by Gasteiger charge is -2.24. The summed E-state index contributed by atoms with van der Waals surface area (Å²) in [5.74, 6) is 3.04. The Morgan fingerprint density at radius 1 is 1.00 bits per heavy atom. The number of aromatic nitrogens is 3. The molecule has 0 amide bonds. The number of anilines is 1. The van der Waals surface area contributed by atoms with Crippen LogP contribution < -0.4 is 14.4 Å². The lowest BCUT2D eigenvalue weighted by Crippen LogP contribution is -2.26. The number of nitrogens with zero attached hydrogens (tertiary/aromatic N) is 7. The topological polar surface area (TPSA) is 101 Å². The maximum Gasteiger partial charge on any atom is 0.204 e. The second-order valence-electron chi connectivity index (χ2n) is 10.0. The van der Waals surface area contributed by atoms with Crippen molar-refractivity contribution in [3.8, 4) is 17.6 Å². The summed E-state index contributed by atoms with van der Waals surface area (Å²) in [6.07, 6.45) is 1.22. The van der Waals surface area contributed by atoms with E-state index in [1.54, 1.807) is 11.9 Å². The van der Waals surface area contributed by atoms with Crippen molar-refractivity contribution in [2.75, 3.05) is 31.7 Å². The normalized spacial score (nSPS) is 13.1. The van der Waals surface area contributed by atoms with Crippen molar-refractivity contribution in [1.29, 1.82) is 5.26 Å². The highest BCUT2D eigenvalue weighted by molar-refractivity contribution is 6.56. The molecule has 42 heavy (non-hydrogen) atoms. The van der Waals surface area contributed by atoms with Crippen molar-refractivity contribution in [2.24, 2.45) is 10.1 Å². The Kier molecular flexibility index (Phi) is 9.15. The van der Waals surface area contributed by atoms with Gasteiger partial charge < -0.3 is 14.4 Å². The number of nitriles is 1. The minimum absolute atomic E-state index is 0.156. The van der Waals surface area contributed by atoms with Gasteiger partial charge in [0, 0.05) is 30.3 Å². The van der Waals surface area contributed by atoms with E-state index in [4.69, 9.17) is 36.2 Å². The van der Waals surface area contributed by atoms with Crippen molar-refractivity contribution in [1.82, 2.24) is 14.9 Å². The lowest BCUT2D eigenvalue weighted by molar-refractivity contribution is 0.311. The van der Waals surface area contributed by atoms with Crippen LogP contribution in [0.3, 0.4) is 0 Å². The SMILES string of the molecule is COc1ccc(OCCCN(CCC#N)c2ccc(N=C3C(c4ccccc4Cl)=Nn4nc(C(C)C)nc43)cc2)cc1. The monoisotopic (exact) mass is 581 g/mol. The van der Waals surface area contributed by atoms with E-state index in [0.29, 0.717) is 47.7 Å². The number of rotatable bonds is 12. The molecule has 214 valence electrons. The van der Waals surface area contributed by atoms with Crippen LogP contribution in [0.5, 0.6) is 11.5 Å². The summed E-state index contributed by atoms with van der Waals surface area (Å²) in [6.45, 7) is 6.02. The average Bonchev–Trinajstić information content (AvgIpc) is 3.57. The fourth-order valence-corrected chi connectivity index (χ4v) is 4.73. The van der Waals surface area contributed by atoms with Crippen molar-refractivity contribution >= 4 is 34.4 Å². The number of ether oxygens (including phenoxy) is 2. The van der Waals surface area contributed by atoms with E-state index >= 15 is 0 Å². The van der Waals surface area contributed by atoms with E-state index in [1.165, 1.54) is 0 Å². The van der Waals surface area contributed by atoms with E-state index in [0.717, 1.165) is 41.4 Å². The number of hydrogen-bond acceptors (Lipinski definition) is 8. The lowest BCUT2D eigenvalue weighted by atomic mass is 10.1. The van der Waals surface area contributed by atoms with Gasteiger partial charge in [-0.25, -0.2) is 9.98 Å². The maximum absolute atomic E-state index is 9.22. The molecule has 0 unspecified atom stereocenters. The molecule has 4 aromatic rings. The Balaban J connectivity index is 1.33. The van der Waals surface area contributed by atoms with Crippen molar-refractivity contribution in [3.63, 3.8) is 0 Å². The van der Waals surface area contributed by atoms with Crippen LogP contribution in [-0.4, -0.2) is 53.1 Å². The van der Waals surface area contributed by atoms with Crippen LogP contribution in [0.4, 0.5) is 11.4 Å². The van der Waals surface area contributed by atoms with Gasteiger partial charge in [0.15, 0.2) is 5.82 Å². The van der Waals surface area contributed by atoms with E-state index in [2.05, 4.69) is 16.1 Å². The first kappa shape index (κ1) is 28.8. The first-order valence-corrected chi connectivity index (χ1v) is 14.2. The standard InChI is InChI=1S/C32H32ClN7O2/c1-22(2)31-36-32-30(29(37-40(32)38-31)27-8-4-5-9-28(27)33)35-23-10-12-24(13-11-23)39(19-6-18-34)20-7-21-42-26-16-14-25(41-3)15-17-26/h4-5,8-17,22H,6-7,19-21H2,1-3H3. The summed E-state index contributed by atoms with van der Waals surface area (Å²) in [6, 6.07) is 25.3. The fraction of sp³-hybridized carbons (Fsp3) is 0.281. The van der Waals surface area contributed by atoms with Crippen LogP contribution in [-0.2, 0) is 0 Å². The van der Waals surface area contributed by atoms with Gasteiger partial charge in [-0.15, -0.1) is 15.0 Å². The molecule has 0 aliphatic carbocycles. The smallest absolute Gasteiger partial charge is 0.204 e. The van der Waals surface area contributed by atoms with Crippen LogP contribution in [0, 0.1) is 11.3 Å². The Morgan fingerprint density at radius 2 is 1.74 bits per heavy atom. The summed E-state index contributed by atoms with van der Waals surface area (Å²) < 4.78 is 11.1. The Morgan fingerprint density at radius 3 is 2.43 bits per heavy atom. The molecule has 0 spiro atoms. The van der Waals surface area contributed by atoms with Crippen LogP contribution in [0.25, 0.3) is 0 Å². The Bertz CT molecular complexity index is 1620. The summed E-state index contributed by atoms with van der Waals surface area (Å²) in [7, 11) is 1.64. The number of halogens is 1. The predicted molar refractivity (Wildman–Crippen MR) is 166 cm³/mol. The quantitative estimate of drug-likeness (QED) is 0.174. The van der Waals surface area contributed by atoms with E-state index in [-0.39, 0.29) is 5.92 Å². The van der Waals surface area contributed by atoms with Gasteiger partial charge in [0.1, 0.15) is 22.9 Å². The van der Waals surface area contributed by atoms with Gasteiger partial charge in [0.05, 0.1) is 36.9 Å². The van der Waals surface area contributed by atoms with Gasteiger partial charge in [0.25, 0.3) is 0 Å². The van der Waals surface area contributed by atoms with Gasteiger partial charge in [-0.05, 0) is 61.0 Å². The summed E-state index contributed by atoms with van der Waals surface area (Å²) in [5, 5.41) is 19.1. The molecule has 0 saturated carbocycles. The van der Waals surface area contributed by atoms with Gasteiger partial charge >= 0.3 is 0 Å². The van der Waals surface area contributed by atoms with Crippen molar-refractivity contribution in [2.45, 2.75) is 32.6 Å². The molecule has 0 N–H and O–H groups in total.